The van der Waals surface area contributed by atoms with Crippen molar-refractivity contribution >= 4 is 5.91 Å². The molecular weight excluding hydrogens is 186 g/mol. The first kappa shape index (κ1) is 11.8. The van der Waals surface area contributed by atoms with Crippen LogP contribution in [0.4, 0.5) is 0 Å². The van der Waals surface area contributed by atoms with E-state index in [9.17, 15) is 4.79 Å². The first-order chi connectivity index (χ1) is 7.01. The fraction of sp³-hybridized carbons (Fsp3) is 0.462. The van der Waals surface area contributed by atoms with Crippen LogP contribution in [0.3, 0.4) is 0 Å². The van der Waals surface area contributed by atoms with Crippen LogP contribution in [0.15, 0.2) is 24.3 Å². The number of carbonyl (C=O) groups excluding carboxylic acids is 1. The number of carbonyl (C=O) groups is 1. The van der Waals surface area contributed by atoms with Crippen molar-refractivity contribution in [2.45, 2.75) is 32.6 Å². The summed E-state index contributed by atoms with van der Waals surface area (Å²) in [6, 6.07) is 7.84. The standard InChI is InChI=1S/C13H19NO/c1-5-13(2,3)11-8-6-7-10(9-11)12(15)14-4/h6-9H,5H2,1-4H3,(H,14,15). The van der Waals surface area contributed by atoms with Gasteiger partial charge in [-0.25, -0.2) is 0 Å². The highest BCUT2D eigenvalue weighted by molar-refractivity contribution is 5.94. The molecule has 0 saturated heterocycles. The second kappa shape index (κ2) is 4.47. The molecule has 0 aliphatic carbocycles. The Morgan fingerprint density at radius 3 is 2.60 bits per heavy atom. The van der Waals surface area contributed by atoms with Crippen LogP contribution in [-0.2, 0) is 5.41 Å². The average molecular weight is 205 g/mol. The van der Waals surface area contributed by atoms with Crippen molar-refractivity contribution in [2.24, 2.45) is 0 Å². The molecule has 0 fully saturated rings. The van der Waals surface area contributed by atoms with Gasteiger partial charge in [-0.05, 0) is 29.5 Å². The molecule has 0 aliphatic heterocycles. The summed E-state index contributed by atoms with van der Waals surface area (Å²) in [5, 5.41) is 2.64. The molecule has 2 heteroatoms. The third-order valence-corrected chi connectivity index (χ3v) is 3.02. The second-order valence-corrected chi connectivity index (χ2v) is 4.40. The van der Waals surface area contributed by atoms with Gasteiger partial charge in [0, 0.05) is 12.6 Å². The van der Waals surface area contributed by atoms with Crippen molar-refractivity contribution in [1.29, 1.82) is 0 Å². The van der Waals surface area contributed by atoms with E-state index in [1.165, 1.54) is 5.56 Å². The largest absolute Gasteiger partial charge is 0.355 e. The van der Waals surface area contributed by atoms with E-state index in [-0.39, 0.29) is 11.3 Å². The molecule has 1 rings (SSSR count). The second-order valence-electron chi connectivity index (χ2n) is 4.40. The van der Waals surface area contributed by atoms with Gasteiger partial charge < -0.3 is 5.32 Å². The summed E-state index contributed by atoms with van der Waals surface area (Å²) in [6.45, 7) is 6.54. The van der Waals surface area contributed by atoms with Gasteiger partial charge in [0.05, 0.1) is 0 Å². The van der Waals surface area contributed by atoms with Gasteiger partial charge in [0.15, 0.2) is 0 Å². The van der Waals surface area contributed by atoms with Crippen LogP contribution in [-0.4, -0.2) is 13.0 Å². The van der Waals surface area contributed by atoms with Crippen LogP contribution in [0, 0.1) is 0 Å². The Hall–Kier alpha value is -1.31. The Kier molecular flexibility index (Phi) is 3.51. The quantitative estimate of drug-likeness (QED) is 0.807. The zero-order chi connectivity index (χ0) is 11.5. The molecule has 15 heavy (non-hydrogen) atoms. The highest BCUT2D eigenvalue weighted by atomic mass is 16.1. The predicted octanol–water partition coefficient (Wildman–Crippen LogP) is 2.73. The molecule has 1 aromatic rings. The Morgan fingerprint density at radius 1 is 1.40 bits per heavy atom. The maximum absolute atomic E-state index is 11.5. The molecule has 1 aromatic carbocycles. The Morgan fingerprint density at radius 2 is 2.07 bits per heavy atom. The van der Waals surface area contributed by atoms with Crippen LogP contribution in [0.1, 0.15) is 43.1 Å². The van der Waals surface area contributed by atoms with Gasteiger partial charge in [0.1, 0.15) is 0 Å². The van der Waals surface area contributed by atoms with Gasteiger partial charge in [-0.1, -0.05) is 32.9 Å². The van der Waals surface area contributed by atoms with E-state index in [0.29, 0.717) is 0 Å². The zero-order valence-electron chi connectivity index (χ0n) is 9.92. The number of nitrogens with one attached hydrogen (secondary N) is 1. The minimum absolute atomic E-state index is 0.0243. The summed E-state index contributed by atoms with van der Waals surface area (Å²) >= 11 is 0. The van der Waals surface area contributed by atoms with E-state index in [1.54, 1.807) is 7.05 Å². The van der Waals surface area contributed by atoms with Crippen LogP contribution < -0.4 is 5.32 Å². The number of hydrogen-bond acceptors (Lipinski definition) is 1. The van der Waals surface area contributed by atoms with Gasteiger partial charge in [-0.15, -0.1) is 0 Å². The van der Waals surface area contributed by atoms with Gasteiger partial charge in [0.2, 0.25) is 0 Å². The van der Waals surface area contributed by atoms with Crippen molar-refractivity contribution < 1.29 is 4.79 Å². The van der Waals surface area contributed by atoms with Crippen molar-refractivity contribution in [3.8, 4) is 0 Å². The highest BCUT2D eigenvalue weighted by Crippen LogP contribution is 2.26. The molecule has 1 amide bonds. The van der Waals surface area contributed by atoms with E-state index in [0.717, 1.165) is 12.0 Å². The minimum atomic E-state index is -0.0243. The molecule has 0 unspecified atom stereocenters. The normalized spacial score (nSPS) is 11.2. The number of hydrogen-bond donors (Lipinski definition) is 1. The average Bonchev–Trinajstić information content (AvgIpc) is 2.28. The van der Waals surface area contributed by atoms with E-state index in [2.05, 4.69) is 32.2 Å². The monoisotopic (exact) mass is 205 g/mol. The Bertz CT molecular complexity index is 355. The summed E-state index contributed by atoms with van der Waals surface area (Å²) in [5.74, 6) is -0.0243. The smallest absolute Gasteiger partial charge is 0.251 e. The maximum Gasteiger partial charge on any atom is 0.251 e. The SMILES string of the molecule is CCC(C)(C)c1cccc(C(=O)NC)c1. The molecule has 2 nitrogen and oxygen atoms in total. The van der Waals surface area contributed by atoms with Gasteiger partial charge in [-0.2, -0.15) is 0 Å². The van der Waals surface area contributed by atoms with Crippen molar-refractivity contribution in [3.05, 3.63) is 35.4 Å². The third-order valence-electron chi connectivity index (χ3n) is 3.02. The molecule has 0 atom stereocenters. The fourth-order valence-corrected chi connectivity index (χ4v) is 1.43. The number of amides is 1. The molecule has 1 N–H and O–H groups in total. The van der Waals surface area contributed by atoms with E-state index < -0.39 is 0 Å². The summed E-state index contributed by atoms with van der Waals surface area (Å²) < 4.78 is 0. The first-order valence-electron chi connectivity index (χ1n) is 5.34. The van der Waals surface area contributed by atoms with Gasteiger partial charge >= 0.3 is 0 Å². The number of benzene rings is 1. The zero-order valence-corrected chi connectivity index (χ0v) is 9.92. The Labute approximate surface area is 91.7 Å². The molecule has 0 spiro atoms. The highest BCUT2D eigenvalue weighted by Gasteiger charge is 2.18. The van der Waals surface area contributed by atoms with Crippen molar-refractivity contribution in [1.82, 2.24) is 5.32 Å². The van der Waals surface area contributed by atoms with E-state index >= 15 is 0 Å². The summed E-state index contributed by atoms with van der Waals surface area (Å²) in [7, 11) is 1.65. The summed E-state index contributed by atoms with van der Waals surface area (Å²) in [5.41, 5.74) is 2.08. The Balaban J connectivity index is 3.08. The summed E-state index contributed by atoms with van der Waals surface area (Å²) in [4.78, 5) is 11.5. The topological polar surface area (TPSA) is 29.1 Å². The van der Waals surface area contributed by atoms with Crippen LogP contribution >= 0.6 is 0 Å². The lowest BCUT2D eigenvalue weighted by Gasteiger charge is -2.23. The molecule has 0 aliphatic rings. The number of rotatable bonds is 3. The van der Waals surface area contributed by atoms with Crippen LogP contribution in [0.2, 0.25) is 0 Å². The fourth-order valence-electron chi connectivity index (χ4n) is 1.43. The van der Waals surface area contributed by atoms with Crippen LogP contribution in [0.25, 0.3) is 0 Å². The lowest BCUT2D eigenvalue weighted by Crippen LogP contribution is -2.20. The predicted molar refractivity (Wildman–Crippen MR) is 63.1 cm³/mol. The lowest BCUT2D eigenvalue weighted by atomic mass is 9.81. The first-order valence-corrected chi connectivity index (χ1v) is 5.34. The van der Waals surface area contributed by atoms with Crippen molar-refractivity contribution in [2.75, 3.05) is 7.05 Å². The molecule has 82 valence electrons. The molecular formula is C13H19NO. The lowest BCUT2D eigenvalue weighted by molar-refractivity contribution is 0.0963. The molecule has 0 bridgehead atoms. The minimum Gasteiger partial charge on any atom is -0.355 e. The van der Waals surface area contributed by atoms with Gasteiger partial charge in [-0.3, -0.25) is 4.79 Å². The van der Waals surface area contributed by atoms with Gasteiger partial charge in [0.25, 0.3) is 5.91 Å². The van der Waals surface area contributed by atoms with E-state index in [1.807, 2.05) is 18.2 Å². The van der Waals surface area contributed by atoms with Crippen molar-refractivity contribution in [3.63, 3.8) is 0 Å². The molecule has 0 heterocycles. The molecule has 0 aromatic heterocycles. The van der Waals surface area contributed by atoms with Crippen LogP contribution in [0.5, 0.6) is 0 Å². The third kappa shape index (κ3) is 2.58. The molecule has 0 saturated carbocycles. The van der Waals surface area contributed by atoms with E-state index in [4.69, 9.17) is 0 Å². The summed E-state index contributed by atoms with van der Waals surface area (Å²) in [6.07, 6.45) is 1.06. The molecule has 0 radical (unpaired) electrons. The maximum atomic E-state index is 11.5.